The molecule has 4 nitrogen and oxygen atoms in total. The number of nitrogens with one attached hydrogen (secondary N) is 1. The summed E-state index contributed by atoms with van der Waals surface area (Å²) in [5.74, 6) is 0.302. The smallest absolute Gasteiger partial charge is 0.412 e. The first-order valence-corrected chi connectivity index (χ1v) is 5.73. The summed E-state index contributed by atoms with van der Waals surface area (Å²) < 4.78 is 5.11. The van der Waals surface area contributed by atoms with E-state index < -0.39 is 11.7 Å². The van der Waals surface area contributed by atoms with Gasteiger partial charge in [-0.3, -0.25) is 5.32 Å². The van der Waals surface area contributed by atoms with Crippen LogP contribution >= 0.6 is 11.6 Å². The molecular formula is C12H16ClNO3. The van der Waals surface area contributed by atoms with E-state index in [9.17, 15) is 9.90 Å². The average Bonchev–Trinajstić information content (AvgIpc) is 2.14. The van der Waals surface area contributed by atoms with Crippen molar-refractivity contribution >= 4 is 23.4 Å². The van der Waals surface area contributed by atoms with Crippen LogP contribution in [0.4, 0.5) is 10.5 Å². The molecule has 0 fully saturated rings. The van der Waals surface area contributed by atoms with Crippen molar-refractivity contribution in [3.05, 3.63) is 23.8 Å². The number of phenols is 1. The molecule has 94 valence electrons. The van der Waals surface area contributed by atoms with Crippen molar-refractivity contribution < 1.29 is 14.6 Å². The Labute approximate surface area is 106 Å². The van der Waals surface area contributed by atoms with E-state index in [0.717, 1.165) is 5.56 Å². The largest absolute Gasteiger partial charge is 0.508 e. The summed E-state index contributed by atoms with van der Waals surface area (Å²) in [6, 6.07) is 4.59. The quantitative estimate of drug-likeness (QED) is 0.798. The van der Waals surface area contributed by atoms with E-state index in [2.05, 4.69) is 5.32 Å². The Balaban J connectivity index is 2.80. The summed E-state index contributed by atoms with van der Waals surface area (Å²) in [5.41, 5.74) is 0.603. The van der Waals surface area contributed by atoms with Gasteiger partial charge in [0.05, 0.1) is 5.69 Å². The lowest BCUT2D eigenvalue weighted by molar-refractivity contribution is 0.0636. The molecule has 5 heteroatoms. The first kappa shape index (κ1) is 13.6. The van der Waals surface area contributed by atoms with E-state index in [0.29, 0.717) is 5.69 Å². The van der Waals surface area contributed by atoms with Crippen LogP contribution in [0.5, 0.6) is 5.75 Å². The molecule has 0 aromatic heterocycles. The van der Waals surface area contributed by atoms with Crippen molar-refractivity contribution in [1.82, 2.24) is 0 Å². The second-order valence-electron chi connectivity index (χ2n) is 4.60. The summed E-state index contributed by atoms with van der Waals surface area (Å²) in [4.78, 5) is 11.5. The average molecular weight is 258 g/mol. The lowest BCUT2D eigenvalue weighted by Gasteiger charge is -2.20. The van der Waals surface area contributed by atoms with Crippen LogP contribution in [0.1, 0.15) is 26.3 Å². The molecule has 1 rings (SSSR count). The van der Waals surface area contributed by atoms with E-state index in [1.54, 1.807) is 26.8 Å². The van der Waals surface area contributed by atoms with Gasteiger partial charge >= 0.3 is 6.09 Å². The highest BCUT2D eigenvalue weighted by atomic mass is 35.5. The maximum absolute atomic E-state index is 11.5. The van der Waals surface area contributed by atoms with Gasteiger partial charge in [0.25, 0.3) is 0 Å². The van der Waals surface area contributed by atoms with Crippen LogP contribution in [0, 0.1) is 0 Å². The maximum Gasteiger partial charge on any atom is 0.412 e. The Morgan fingerprint density at radius 2 is 2.12 bits per heavy atom. The molecule has 1 aromatic carbocycles. The van der Waals surface area contributed by atoms with Gasteiger partial charge in [0, 0.05) is 11.9 Å². The molecule has 0 saturated heterocycles. The van der Waals surface area contributed by atoms with Gasteiger partial charge in [-0.05, 0) is 32.4 Å². The number of aromatic hydroxyl groups is 1. The number of hydrogen-bond acceptors (Lipinski definition) is 3. The van der Waals surface area contributed by atoms with Gasteiger partial charge in [-0.2, -0.15) is 0 Å². The van der Waals surface area contributed by atoms with E-state index >= 15 is 0 Å². The van der Waals surface area contributed by atoms with Crippen LogP contribution in [-0.2, 0) is 10.6 Å². The van der Waals surface area contributed by atoms with Crippen molar-refractivity contribution in [2.45, 2.75) is 32.3 Å². The number of halogens is 1. The predicted octanol–water partition coefficient (Wildman–Crippen LogP) is 3.48. The lowest BCUT2D eigenvalue weighted by atomic mass is 10.2. The number of anilines is 1. The fourth-order valence-electron chi connectivity index (χ4n) is 1.21. The fourth-order valence-corrected chi connectivity index (χ4v) is 1.44. The maximum atomic E-state index is 11.5. The minimum Gasteiger partial charge on any atom is -0.508 e. The number of carbonyl (C=O) groups excluding carboxylic acids is 1. The van der Waals surface area contributed by atoms with Crippen molar-refractivity contribution in [1.29, 1.82) is 0 Å². The number of benzene rings is 1. The Bertz CT molecular complexity index is 413. The summed E-state index contributed by atoms with van der Waals surface area (Å²) in [7, 11) is 0. The van der Waals surface area contributed by atoms with Crippen molar-refractivity contribution in [2.75, 3.05) is 5.32 Å². The van der Waals surface area contributed by atoms with Crippen molar-refractivity contribution in [3.63, 3.8) is 0 Å². The van der Waals surface area contributed by atoms with E-state index in [4.69, 9.17) is 16.3 Å². The highest BCUT2D eigenvalue weighted by molar-refractivity contribution is 6.17. The third-order valence-electron chi connectivity index (χ3n) is 1.87. The van der Waals surface area contributed by atoms with Crippen LogP contribution in [0.2, 0.25) is 0 Å². The number of carbonyl (C=O) groups is 1. The van der Waals surface area contributed by atoms with Gasteiger partial charge in [-0.25, -0.2) is 4.79 Å². The normalized spacial score (nSPS) is 11.1. The van der Waals surface area contributed by atoms with Gasteiger partial charge in [-0.15, -0.1) is 11.6 Å². The fraction of sp³-hybridized carbons (Fsp3) is 0.417. The molecule has 0 aliphatic rings. The van der Waals surface area contributed by atoms with Gasteiger partial charge in [0.15, 0.2) is 0 Å². The number of rotatable bonds is 2. The molecule has 1 aromatic rings. The molecule has 1 amide bonds. The first-order valence-electron chi connectivity index (χ1n) is 5.19. The predicted molar refractivity (Wildman–Crippen MR) is 67.5 cm³/mol. The molecule has 0 heterocycles. The topological polar surface area (TPSA) is 58.6 Å². The van der Waals surface area contributed by atoms with Crippen LogP contribution in [-0.4, -0.2) is 16.8 Å². The summed E-state index contributed by atoms with van der Waals surface area (Å²) in [6.07, 6.45) is -0.575. The lowest BCUT2D eigenvalue weighted by Crippen LogP contribution is -2.27. The number of alkyl halides is 1. The second-order valence-corrected chi connectivity index (χ2v) is 4.87. The zero-order valence-electron chi connectivity index (χ0n) is 10.1. The molecule has 0 saturated carbocycles. The third kappa shape index (κ3) is 4.53. The summed E-state index contributed by atoms with van der Waals surface area (Å²) in [5, 5.41) is 11.9. The van der Waals surface area contributed by atoms with Crippen molar-refractivity contribution in [3.8, 4) is 5.75 Å². The minimum atomic E-state index is -0.575. The molecule has 0 spiro atoms. The molecule has 0 atom stereocenters. The van der Waals surface area contributed by atoms with Gasteiger partial charge in [0.2, 0.25) is 0 Å². The molecule has 0 aliphatic carbocycles. The van der Waals surface area contributed by atoms with Gasteiger partial charge in [0.1, 0.15) is 11.4 Å². The van der Waals surface area contributed by atoms with Crippen LogP contribution in [0.3, 0.4) is 0 Å². The zero-order chi connectivity index (χ0) is 13.1. The van der Waals surface area contributed by atoms with Crippen molar-refractivity contribution in [2.24, 2.45) is 0 Å². The SMILES string of the molecule is CC(C)(C)OC(=O)Nc1cc(O)ccc1CCl. The second kappa shape index (κ2) is 5.27. The first-order chi connectivity index (χ1) is 7.81. The highest BCUT2D eigenvalue weighted by Gasteiger charge is 2.17. The molecule has 0 aliphatic heterocycles. The molecule has 0 unspecified atom stereocenters. The standard InChI is InChI=1S/C12H16ClNO3/c1-12(2,3)17-11(16)14-10-6-9(15)5-4-8(10)7-13/h4-6,15H,7H2,1-3H3,(H,14,16). The Morgan fingerprint density at radius 3 is 2.65 bits per heavy atom. The van der Waals surface area contributed by atoms with Crippen LogP contribution in [0.15, 0.2) is 18.2 Å². The molecule has 0 radical (unpaired) electrons. The Kier molecular flexibility index (Phi) is 4.23. The summed E-state index contributed by atoms with van der Waals surface area (Å²) in [6.45, 7) is 5.33. The highest BCUT2D eigenvalue weighted by Crippen LogP contribution is 2.23. The number of hydrogen-bond donors (Lipinski definition) is 2. The van der Waals surface area contributed by atoms with Gasteiger partial charge < -0.3 is 9.84 Å². The molecule has 2 N–H and O–H groups in total. The van der Waals surface area contributed by atoms with Gasteiger partial charge in [-0.1, -0.05) is 6.07 Å². The Morgan fingerprint density at radius 1 is 1.47 bits per heavy atom. The number of phenolic OH excluding ortho intramolecular Hbond substituents is 1. The minimum absolute atomic E-state index is 0.0601. The number of amides is 1. The van der Waals surface area contributed by atoms with Crippen LogP contribution < -0.4 is 5.32 Å². The molecular weight excluding hydrogens is 242 g/mol. The Hall–Kier alpha value is -1.42. The zero-order valence-corrected chi connectivity index (χ0v) is 10.8. The number of ether oxygens (including phenoxy) is 1. The van der Waals surface area contributed by atoms with Crippen LogP contribution in [0.25, 0.3) is 0 Å². The summed E-state index contributed by atoms with van der Waals surface area (Å²) >= 11 is 5.73. The third-order valence-corrected chi connectivity index (χ3v) is 2.16. The monoisotopic (exact) mass is 257 g/mol. The molecule has 17 heavy (non-hydrogen) atoms. The molecule has 0 bridgehead atoms. The van der Waals surface area contributed by atoms with E-state index in [-0.39, 0.29) is 11.6 Å². The van der Waals surface area contributed by atoms with E-state index in [1.807, 2.05) is 0 Å². The van der Waals surface area contributed by atoms with E-state index in [1.165, 1.54) is 12.1 Å².